The van der Waals surface area contributed by atoms with Crippen LogP contribution >= 0.6 is 0 Å². The van der Waals surface area contributed by atoms with E-state index in [1.165, 1.54) is 51.4 Å². The van der Waals surface area contributed by atoms with E-state index in [9.17, 15) is 9.59 Å². The van der Waals surface area contributed by atoms with Gasteiger partial charge in [0.05, 0.1) is 25.3 Å². The second kappa shape index (κ2) is 22.1. The van der Waals surface area contributed by atoms with Crippen LogP contribution in [0.15, 0.2) is 60.9 Å². The summed E-state index contributed by atoms with van der Waals surface area (Å²) in [6, 6.07) is 15.1. The molecule has 2 aliphatic heterocycles. The molecule has 0 radical (unpaired) electrons. The third-order valence-electron chi connectivity index (χ3n) is 11.8. The van der Waals surface area contributed by atoms with Crippen LogP contribution in [0.4, 0.5) is 0 Å². The van der Waals surface area contributed by atoms with Crippen molar-refractivity contribution in [2.75, 3.05) is 92.8 Å². The number of unbranched alkanes of at least 4 members (excludes halogenated alkanes) is 6. The maximum absolute atomic E-state index is 14.0. The highest BCUT2D eigenvalue weighted by molar-refractivity contribution is 6.29. The highest BCUT2D eigenvalue weighted by Crippen LogP contribution is 2.32. The fourth-order valence-corrected chi connectivity index (χ4v) is 8.25. The van der Waals surface area contributed by atoms with Crippen LogP contribution in [0.3, 0.4) is 0 Å². The molecule has 2 aromatic heterocycles. The van der Waals surface area contributed by atoms with Gasteiger partial charge in [-0.05, 0) is 74.5 Å². The number of carbonyl (C=O) groups is 2. The summed E-state index contributed by atoms with van der Waals surface area (Å²) in [6.07, 6.45) is 11.9. The van der Waals surface area contributed by atoms with Gasteiger partial charge in [0.15, 0.2) is 0 Å². The van der Waals surface area contributed by atoms with Crippen molar-refractivity contribution < 1.29 is 28.5 Å². The number of carbonyl (C=O) groups excluding carboxylic acids is 2. The molecule has 12 nitrogen and oxygen atoms in total. The number of methoxy groups -OCH3 is 2. The Bertz CT molecular complexity index is 1770. The molecule has 6 rings (SSSR count). The molecule has 2 saturated heterocycles. The number of fused-ring (bicyclic) bond motifs is 2. The number of hydrogen-bond donors (Lipinski definition) is 0. The van der Waals surface area contributed by atoms with Crippen LogP contribution in [-0.2, 0) is 19.1 Å². The summed E-state index contributed by atoms with van der Waals surface area (Å²) in [7, 11) is 3.25. The number of ether oxygens (including phenoxy) is 4. The highest BCUT2D eigenvalue weighted by atomic mass is 16.6. The van der Waals surface area contributed by atoms with Gasteiger partial charge in [-0.15, -0.1) is 0 Å². The van der Waals surface area contributed by atoms with E-state index < -0.39 is 24.1 Å². The number of nitrogens with zero attached hydrogens (tertiary/aromatic N) is 6. The third-order valence-corrected chi connectivity index (χ3v) is 11.8. The molecule has 0 aliphatic carbocycles. The van der Waals surface area contributed by atoms with E-state index in [-0.39, 0.29) is 0 Å². The van der Waals surface area contributed by atoms with Crippen LogP contribution < -0.4 is 9.47 Å². The van der Waals surface area contributed by atoms with E-state index in [0.717, 1.165) is 98.4 Å². The lowest BCUT2D eigenvalue weighted by Crippen LogP contribution is -2.48. The molecule has 2 aliphatic rings. The van der Waals surface area contributed by atoms with Crippen LogP contribution in [0.5, 0.6) is 11.5 Å². The van der Waals surface area contributed by atoms with E-state index in [4.69, 9.17) is 18.9 Å². The summed E-state index contributed by atoms with van der Waals surface area (Å²) in [6.45, 7) is 14.7. The monoisotopic (exact) mass is 796 g/mol. The number of aromatic nitrogens is 2. The predicted octanol–water partition coefficient (Wildman–Crippen LogP) is 7.06. The van der Waals surface area contributed by atoms with Gasteiger partial charge >= 0.3 is 11.9 Å². The minimum atomic E-state index is -1.02. The first-order valence-electron chi connectivity index (χ1n) is 21.5. The fourth-order valence-electron chi connectivity index (χ4n) is 8.25. The molecule has 2 fully saturated rings. The molecule has 0 N–H and O–H groups in total. The lowest BCUT2D eigenvalue weighted by molar-refractivity contribution is -0.175. The van der Waals surface area contributed by atoms with E-state index in [2.05, 4.69) is 43.4 Å². The van der Waals surface area contributed by atoms with Gasteiger partial charge in [0.1, 0.15) is 23.7 Å². The highest BCUT2D eigenvalue weighted by Gasteiger charge is 2.32. The standard InChI is InChI=1S/C46H64N6O6/c1-5-7-9-11-21-49-23-27-51(28-24-49)33-43(37-17-19-47-41-15-13-35(55-3)31-39(37)41)57-45(53)46(54)58-44(34-52-29-25-50(26-30-52)22-12-10-8-6-2)38-18-20-48-42-16-14-36(56-4)32-40(38)42/h13-20,31-32,43-44H,5-12,21-30,33-34H2,1-4H3/t43-,44-/m1/s1. The fraction of sp³-hybridized carbons (Fsp3) is 0.565. The predicted molar refractivity (Wildman–Crippen MR) is 228 cm³/mol. The average Bonchev–Trinajstić information content (AvgIpc) is 3.26. The van der Waals surface area contributed by atoms with Crippen molar-refractivity contribution in [3.05, 3.63) is 72.1 Å². The van der Waals surface area contributed by atoms with Crippen molar-refractivity contribution in [2.45, 2.75) is 77.4 Å². The summed E-state index contributed by atoms with van der Waals surface area (Å²) in [4.78, 5) is 46.9. The Hall–Kier alpha value is -4.36. The minimum absolute atomic E-state index is 0.431. The Morgan fingerprint density at radius 3 is 1.33 bits per heavy atom. The van der Waals surface area contributed by atoms with Gasteiger partial charge in [-0.3, -0.25) is 19.8 Å². The summed E-state index contributed by atoms with van der Waals surface area (Å²) in [5.74, 6) is -0.705. The zero-order valence-electron chi connectivity index (χ0n) is 35.2. The number of esters is 2. The quantitative estimate of drug-likeness (QED) is 0.0519. The van der Waals surface area contributed by atoms with Crippen LogP contribution in [0.2, 0.25) is 0 Å². The smallest absolute Gasteiger partial charge is 0.418 e. The lowest BCUT2D eigenvalue weighted by Gasteiger charge is -2.37. The van der Waals surface area contributed by atoms with Gasteiger partial charge in [-0.1, -0.05) is 52.4 Å². The Morgan fingerprint density at radius 1 is 0.552 bits per heavy atom. The molecule has 4 heterocycles. The maximum atomic E-state index is 14.0. The molecule has 0 amide bonds. The van der Waals surface area contributed by atoms with E-state index >= 15 is 0 Å². The molecule has 0 unspecified atom stereocenters. The minimum Gasteiger partial charge on any atom is -0.497 e. The second-order valence-corrected chi connectivity index (χ2v) is 15.8. The first-order chi connectivity index (χ1) is 28.4. The van der Waals surface area contributed by atoms with E-state index in [0.29, 0.717) is 24.6 Å². The van der Waals surface area contributed by atoms with Gasteiger partial charge in [0, 0.05) is 99.7 Å². The van der Waals surface area contributed by atoms with Crippen LogP contribution in [0.1, 0.15) is 88.5 Å². The second-order valence-electron chi connectivity index (χ2n) is 15.8. The molecular weight excluding hydrogens is 733 g/mol. The van der Waals surface area contributed by atoms with Crippen molar-refractivity contribution in [1.82, 2.24) is 29.6 Å². The maximum Gasteiger partial charge on any atom is 0.418 e. The Morgan fingerprint density at radius 2 is 0.948 bits per heavy atom. The summed E-state index contributed by atoms with van der Waals surface area (Å²) in [5.41, 5.74) is 3.03. The zero-order valence-corrected chi connectivity index (χ0v) is 35.2. The molecule has 2 atom stereocenters. The molecule has 0 bridgehead atoms. The van der Waals surface area contributed by atoms with Crippen molar-refractivity contribution in [2.24, 2.45) is 0 Å². The molecular formula is C46H64N6O6. The molecule has 4 aromatic rings. The number of rotatable bonds is 20. The van der Waals surface area contributed by atoms with Crippen molar-refractivity contribution >= 4 is 33.7 Å². The molecule has 58 heavy (non-hydrogen) atoms. The van der Waals surface area contributed by atoms with Crippen LogP contribution in [0.25, 0.3) is 21.8 Å². The zero-order chi connectivity index (χ0) is 40.7. The first-order valence-corrected chi connectivity index (χ1v) is 21.5. The Labute approximate surface area is 344 Å². The number of hydrogen-bond acceptors (Lipinski definition) is 12. The summed E-state index contributed by atoms with van der Waals surface area (Å²) < 4.78 is 23.6. The molecule has 314 valence electrons. The Balaban J connectivity index is 1.21. The number of pyridine rings is 2. The van der Waals surface area contributed by atoms with Gasteiger partial charge in [-0.2, -0.15) is 0 Å². The van der Waals surface area contributed by atoms with Gasteiger partial charge in [-0.25, -0.2) is 9.59 Å². The SMILES string of the molecule is CCCCCCN1CCN(C[C@@H](OC(=O)C(=O)O[C@H](CN2CCN(CCCCCC)CC2)c2ccnc3ccc(OC)cc23)c2ccnc3ccc(OC)cc23)CC1. The van der Waals surface area contributed by atoms with Gasteiger partial charge in [0.2, 0.25) is 0 Å². The van der Waals surface area contributed by atoms with Crippen molar-refractivity contribution in [1.29, 1.82) is 0 Å². The van der Waals surface area contributed by atoms with Crippen LogP contribution in [0, 0.1) is 0 Å². The first kappa shape index (κ1) is 43.2. The van der Waals surface area contributed by atoms with Gasteiger partial charge < -0.3 is 28.7 Å². The van der Waals surface area contributed by atoms with Crippen LogP contribution in [-0.4, -0.2) is 134 Å². The van der Waals surface area contributed by atoms with E-state index in [1.54, 1.807) is 26.6 Å². The van der Waals surface area contributed by atoms with Gasteiger partial charge in [0.25, 0.3) is 0 Å². The normalized spacial score (nSPS) is 17.0. The molecule has 2 aromatic carbocycles. The Kier molecular flexibility index (Phi) is 16.5. The molecule has 12 heteroatoms. The van der Waals surface area contributed by atoms with Crippen molar-refractivity contribution in [3.63, 3.8) is 0 Å². The third kappa shape index (κ3) is 11.9. The summed E-state index contributed by atoms with van der Waals surface area (Å²) in [5, 5.41) is 1.62. The average molecular weight is 797 g/mol. The lowest BCUT2D eigenvalue weighted by atomic mass is 10.0. The number of benzene rings is 2. The molecule has 0 spiro atoms. The topological polar surface area (TPSA) is 110 Å². The largest absolute Gasteiger partial charge is 0.497 e. The van der Waals surface area contributed by atoms with E-state index in [1.807, 2.05) is 48.5 Å². The molecule has 0 saturated carbocycles. The number of piperazine rings is 2. The summed E-state index contributed by atoms with van der Waals surface area (Å²) >= 11 is 0. The van der Waals surface area contributed by atoms with Crippen molar-refractivity contribution in [3.8, 4) is 11.5 Å².